The highest BCUT2D eigenvalue weighted by Crippen LogP contribution is 2.34. The summed E-state index contributed by atoms with van der Waals surface area (Å²) in [4.78, 5) is 16.4. The molecule has 0 saturated heterocycles. The van der Waals surface area contributed by atoms with Crippen molar-refractivity contribution in [3.05, 3.63) is 66.2 Å². The predicted molar refractivity (Wildman–Crippen MR) is 128 cm³/mol. The van der Waals surface area contributed by atoms with E-state index < -0.39 is 0 Å². The fraction of sp³-hybridized carbons (Fsp3) is 0.346. The van der Waals surface area contributed by atoms with Gasteiger partial charge in [0.2, 0.25) is 5.95 Å². The number of anilines is 1. The van der Waals surface area contributed by atoms with Crippen LogP contribution in [0.3, 0.4) is 0 Å². The number of hydrogen-bond donors (Lipinski definition) is 2. The minimum Gasteiger partial charge on any atom is -0.493 e. The summed E-state index contributed by atoms with van der Waals surface area (Å²) in [6.45, 7) is 6.00. The van der Waals surface area contributed by atoms with Gasteiger partial charge in [-0.1, -0.05) is 19.1 Å². The summed E-state index contributed by atoms with van der Waals surface area (Å²) in [6.07, 6.45) is 6.46. The lowest BCUT2D eigenvalue weighted by molar-refractivity contribution is 0.221. The summed E-state index contributed by atoms with van der Waals surface area (Å²) >= 11 is 0. The molecule has 3 heterocycles. The van der Waals surface area contributed by atoms with Crippen LogP contribution in [0, 0.1) is 11.8 Å². The summed E-state index contributed by atoms with van der Waals surface area (Å²) in [6, 6.07) is 15.0. The minimum absolute atomic E-state index is 0.535. The topological polar surface area (TPSA) is 75.7 Å². The van der Waals surface area contributed by atoms with Crippen LogP contribution in [0.5, 0.6) is 5.75 Å². The first-order valence-electron chi connectivity index (χ1n) is 11.4. The summed E-state index contributed by atoms with van der Waals surface area (Å²) in [5, 5.41) is 3.25. The number of H-pyrrole nitrogens is 1. The number of aromatic amines is 1. The van der Waals surface area contributed by atoms with Gasteiger partial charge in [0.05, 0.1) is 17.6 Å². The lowest BCUT2D eigenvalue weighted by Gasteiger charge is -2.28. The number of aromatic nitrogens is 4. The number of rotatable bonds is 5. The molecule has 6 heteroatoms. The van der Waals surface area contributed by atoms with E-state index in [0.717, 1.165) is 60.8 Å². The first-order valence-corrected chi connectivity index (χ1v) is 11.4. The Morgan fingerprint density at radius 1 is 1.12 bits per heavy atom. The number of nitrogens with zero attached hydrogens (tertiary/aromatic N) is 3. The molecular weight excluding hydrogens is 398 g/mol. The molecule has 0 spiro atoms. The van der Waals surface area contributed by atoms with Crippen molar-refractivity contribution in [3.8, 4) is 16.9 Å². The summed E-state index contributed by atoms with van der Waals surface area (Å²) in [5.74, 6) is 2.90. The van der Waals surface area contributed by atoms with Crippen LogP contribution in [-0.2, 0) is 12.8 Å². The van der Waals surface area contributed by atoms with Gasteiger partial charge in [-0.15, -0.1) is 0 Å². The average Bonchev–Trinajstić information content (AvgIpc) is 3.21. The number of nitrogens with one attached hydrogen (secondary N) is 2. The fourth-order valence-corrected chi connectivity index (χ4v) is 4.63. The minimum atomic E-state index is 0.535. The second-order valence-electron chi connectivity index (χ2n) is 8.65. The standard InChI is InChI=1S/C26H29N5O/c1-3-28-26-30-23-6-4-20(15-24(23)31-26)19-5-7-25-21(13-19)12-17(2)18(9-11-32-25)14-22-8-10-27-16-29-22/h4-8,10,13,15-18H,3,9,11-12,14H2,1-2H3,(H2,28,30,31). The van der Waals surface area contributed by atoms with Gasteiger partial charge in [-0.2, -0.15) is 0 Å². The van der Waals surface area contributed by atoms with E-state index in [1.54, 1.807) is 6.33 Å². The Labute approximate surface area is 188 Å². The Balaban J connectivity index is 1.40. The molecular formula is C26H29N5O. The van der Waals surface area contributed by atoms with Crippen LogP contribution in [0.1, 0.15) is 31.5 Å². The van der Waals surface area contributed by atoms with Crippen LogP contribution in [0.4, 0.5) is 5.95 Å². The van der Waals surface area contributed by atoms with Gasteiger partial charge in [-0.25, -0.2) is 15.0 Å². The van der Waals surface area contributed by atoms with Gasteiger partial charge in [0.25, 0.3) is 0 Å². The maximum Gasteiger partial charge on any atom is 0.201 e. The van der Waals surface area contributed by atoms with Crippen LogP contribution < -0.4 is 10.1 Å². The third-order valence-electron chi connectivity index (χ3n) is 6.43. The van der Waals surface area contributed by atoms with E-state index in [9.17, 15) is 0 Å². The van der Waals surface area contributed by atoms with Gasteiger partial charge in [0, 0.05) is 18.4 Å². The third-order valence-corrected chi connectivity index (χ3v) is 6.43. The summed E-state index contributed by atoms with van der Waals surface area (Å²) in [7, 11) is 0. The van der Waals surface area contributed by atoms with Crippen LogP contribution in [-0.4, -0.2) is 33.1 Å². The number of imidazole rings is 1. The average molecular weight is 428 g/mol. The van der Waals surface area contributed by atoms with E-state index >= 15 is 0 Å². The van der Waals surface area contributed by atoms with Gasteiger partial charge in [0.1, 0.15) is 12.1 Å². The molecule has 2 aromatic carbocycles. The van der Waals surface area contributed by atoms with Crippen molar-refractivity contribution in [2.75, 3.05) is 18.5 Å². The zero-order chi connectivity index (χ0) is 21.9. The molecule has 0 saturated carbocycles. The molecule has 0 fully saturated rings. The van der Waals surface area contributed by atoms with E-state index in [4.69, 9.17) is 4.74 Å². The fourth-order valence-electron chi connectivity index (χ4n) is 4.63. The summed E-state index contributed by atoms with van der Waals surface area (Å²) in [5.41, 5.74) is 6.78. The second-order valence-corrected chi connectivity index (χ2v) is 8.65. The largest absolute Gasteiger partial charge is 0.493 e. The van der Waals surface area contributed by atoms with Crippen LogP contribution >= 0.6 is 0 Å². The zero-order valence-corrected chi connectivity index (χ0v) is 18.6. The van der Waals surface area contributed by atoms with Gasteiger partial charge >= 0.3 is 0 Å². The normalized spacial score (nSPS) is 18.4. The smallest absolute Gasteiger partial charge is 0.201 e. The highest BCUT2D eigenvalue weighted by molar-refractivity contribution is 5.83. The van der Waals surface area contributed by atoms with Crippen molar-refractivity contribution in [1.29, 1.82) is 0 Å². The molecule has 164 valence electrons. The molecule has 2 unspecified atom stereocenters. The van der Waals surface area contributed by atoms with Gasteiger partial charge in [-0.05, 0) is 85.0 Å². The van der Waals surface area contributed by atoms with E-state index in [1.807, 2.05) is 12.3 Å². The van der Waals surface area contributed by atoms with Crippen LogP contribution in [0.2, 0.25) is 0 Å². The molecule has 4 aromatic rings. The Hall–Kier alpha value is -3.41. The molecule has 2 N–H and O–H groups in total. The molecule has 1 aliphatic heterocycles. The number of ether oxygens (including phenoxy) is 1. The quantitative estimate of drug-likeness (QED) is 0.454. The molecule has 0 aliphatic carbocycles. The van der Waals surface area contributed by atoms with E-state index in [1.165, 1.54) is 16.7 Å². The van der Waals surface area contributed by atoms with Crippen molar-refractivity contribution < 1.29 is 4.74 Å². The molecule has 0 radical (unpaired) electrons. The lowest BCUT2D eigenvalue weighted by atomic mass is 9.82. The first kappa shape index (κ1) is 20.5. The molecule has 5 rings (SSSR count). The van der Waals surface area contributed by atoms with Gasteiger partial charge < -0.3 is 15.0 Å². The Bertz CT molecular complexity index is 1200. The van der Waals surface area contributed by atoms with Gasteiger partial charge in [-0.3, -0.25) is 0 Å². The molecule has 2 atom stereocenters. The highest BCUT2D eigenvalue weighted by atomic mass is 16.5. The van der Waals surface area contributed by atoms with Crippen LogP contribution in [0.15, 0.2) is 55.0 Å². The summed E-state index contributed by atoms with van der Waals surface area (Å²) < 4.78 is 6.18. The van der Waals surface area contributed by atoms with E-state index in [0.29, 0.717) is 11.8 Å². The second kappa shape index (κ2) is 8.99. The number of benzene rings is 2. The number of fused-ring (bicyclic) bond motifs is 2. The van der Waals surface area contributed by atoms with Crippen molar-refractivity contribution in [2.45, 2.75) is 33.1 Å². The van der Waals surface area contributed by atoms with E-state index in [2.05, 4.69) is 75.5 Å². The Kier molecular flexibility index (Phi) is 5.75. The molecule has 0 amide bonds. The van der Waals surface area contributed by atoms with Crippen molar-refractivity contribution in [2.24, 2.45) is 11.8 Å². The third kappa shape index (κ3) is 4.31. The molecule has 1 aliphatic rings. The van der Waals surface area contributed by atoms with Crippen LogP contribution in [0.25, 0.3) is 22.2 Å². The van der Waals surface area contributed by atoms with E-state index in [-0.39, 0.29) is 0 Å². The molecule has 6 nitrogen and oxygen atoms in total. The predicted octanol–water partition coefficient (Wildman–Crippen LogP) is 5.27. The molecule has 0 bridgehead atoms. The lowest BCUT2D eigenvalue weighted by Crippen LogP contribution is -2.23. The maximum atomic E-state index is 6.18. The molecule has 32 heavy (non-hydrogen) atoms. The van der Waals surface area contributed by atoms with Crippen molar-refractivity contribution in [1.82, 2.24) is 19.9 Å². The monoisotopic (exact) mass is 427 g/mol. The van der Waals surface area contributed by atoms with Gasteiger partial charge in [0.15, 0.2) is 0 Å². The molecule has 2 aromatic heterocycles. The maximum absolute atomic E-state index is 6.18. The van der Waals surface area contributed by atoms with Crippen molar-refractivity contribution in [3.63, 3.8) is 0 Å². The Morgan fingerprint density at radius 3 is 2.84 bits per heavy atom. The number of hydrogen-bond acceptors (Lipinski definition) is 5. The highest BCUT2D eigenvalue weighted by Gasteiger charge is 2.23. The Morgan fingerprint density at radius 2 is 2.00 bits per heavy atom. The SMILES string of the molecule is CCNc1nc2ccc(-c3ccc4c(c3)CC(C)C(Cc3ccncn3)CCO4)cc2[nH]1. The zero-order valence-electron chi connectivity index (χ0n) is 18.6. The first-order chi connectivity index (χ1) is 15.7. The van der Waals surface area contributed by atoms with Crippen molar-refractivity contribution >= 4 is 17.0 Å².